The van der Waals surface area contributed by atoms with Crippen LogP contribution >= 0.6 is 0 Å². The molecule has 2 rings (SSSR count). The zero-order valence-electron chi connectivity index (χ0n) is 13.0. The van der Waals surface area contributed by atoms with Gasteiger partial charge >= 0.3 is 0 Å². The topological polar surface area (TPSA) is 29.9 Å². The normalized spacial score (nSPS) is 12.8. The lowest BCUT2D eigenvalue weighted by Gasteiger charge is -2.17. The Labute approximate surface area is 124 Å². The van der Waals surface area contributed by atoms with Crippen LogP contribution in [0.2, 0.25) is 0 Å². The van der Waals surface area contributed by atoms with Crippen molar-refractivity contribution in [3.05, 3.63) is 46.8 Å². The summed E-state index contributed by atoms with van der Waals surface area (Å²) in [6, 6.07) is 4.11. The van der Waals surface area contributed by atoms with E-state index in [9.17, 15) is 8.78 Å². The van der Waals surface area contributed by atoms with E-state index in [0.29, 0.717) is 5.56 Å². The number of anilines is 1. The monoisotopic (exact) mass is 293 g/mol. The first-order valence-corrected chi connectivity index (χ1v) is 7.08. The van der Waals surface area contributed by atoms with Crippen LogP contribution in [0.1, 0.15) is 49.8 Å². The van der Waals surface area contributed by atoms with Gasteiger partial charge in [-0.3, -0.25) is 4.68 Å². The summed E-state index contributed by atoms with van der Waals surface area (Å²) in [5, 5.41) is 7.85. The molecule has 1 heterocycles. The maximum Gasteiger partial charge on any atom is 0.159 e. The molecular weight excluding hydrogens is 272 g/mol. The van der Waals surface area contributed by atoms with Crippen LogP contribution in [-0.2, 0) is 0 Å². The van der Waals surface area contributed by atoms with E-state index in [1.54, 1.807) is 6.07 Å². The zero-order valence-corrected chi connectivity index (χ0v) is 13.0. The fraction of sp³-hybridized carbons (Fsp3) is 0.438. The van der Waals surface area contributed by atoms with Gasteiger partial charge in [0.05, 0.1) is 17.1 Å². The Hall–Kier alpha value is -1.91. The first-order valence-electron chi connectivity index (χ1n) is 7.08. The molecule has 0 radical (unpaired) electrons. The van der Waals surface area contributed by atoms with Gasteiger partial charge in [0.15, 0.2) is 11.6 Å². The van der Waals surface area contributed by atoms with Gasteiger partial charge in [0.1, 0.15) is 0 Å². The van der Waals surface area contributed by atoms with Crippen molar-refractivity contribution in [3.8, 4) is 0 Å². The molecule has 0 amide bonds. The van der Waals surface area contributed by atoms with Crippen LogP contribution in [0, 0.1) is 25.5 Å². The van der Waals surface area contributed by atoms with Gasteiger partial charge in [-0.1, -0.05) is 6.07 Å². The first-order chi connectivity index (χ1) is 9.81. The highest BCUT2D eigenvalue weighted by atomic mass is 19.2. The van der Waals surface area contributed by atoms with Crippen molar-refractivity contribution in [2.24, 2.45) is 0 Å². The van der Waals surface area contributed by atoms with Crippen LogP contribution in [0.4, 0.5) is 14.5 Å². The second-order valence-corrected chi connectivity index (χ2v) is 5.62. The minimum Gasteiger partial charge on any atom is -0.376 e. The lowest BCUT2D eigenvalue weighted by Crippen LogP contribution is -2.09. The van der Waals surface area contributed by atoms with Gasteiger partial charge in [-0.2, -0.15) is 5.10 Å². The maximum atomic E-state index is 13.3. The van der Waals surface area contributed by atoms with Gasteiger partial charge in [-0.15, -0.1) is 0 Å². The molecule has 0 saturated heterocycles. The highest BCUT2D eigenvalue weighted by molar-refractivity contribution is 5.53. The third-order valence-electron chi connectivity index (χ3n) is 3.62. The molecule has 1 aromatic heterocycles. The molecule has 0 saturated carbocycles. The number of rotatable bonds is 4. The molecular formula is C16H21F2N3. The van der Waals surface area contributed by atoms with Crippen LogP contribution < -0.4 is 5.32 Å². The molecule has 2 aromatic rings. The summed E-state index contributed by atoms with van der Waals surface area (Å²) in [5.74, 6) is -1.65. The van der Waals surface area contributed by atoms with Gasteiger partial charge in [0, 0.05) is 12.1 Å². The zero-order chi connectivity index (χ0) is 15.7. The van der Waals surface area contributed by atoms with E-state index >= 15 is 0 Å². The second-order valence-electron chi connectivity index (χ2n) is 5.62. The summed E-state index contributed by atoms with van der Waals surface area (Å²) in [6.07, 6.45) is 0. The van der Waals surface area contributed by atoms with Gasteiger partial charge in [-0.05, 0) is 52.3 Å². The molecule has 114 valence electrons. The maximum absolute atomic E-state index is 13.3. The molecule has 0 spiro atoms. The minimum absolute atomic E-state index is 0.137. The van der Waals surface area contributed by atoms with E-state index in [1.165, 1.54) is 6.07 Å². The Kier molecular flexibility index (Phi) is 4.30. The molecule has 3 nitrogen and oxygen atoms in total. The summed E-state index contributed by atoms with van der Waals surface area (Å²) >= 11 is 0. The molecule has 1 N–H and O–H groups in total. The van der Waals surface area contributed by atoms with E-state index in [-0.39, 0.29) is 12.1 Å². The lowest BCUT2D eigenvalue weighted by atomic mass is 10.1. The lowest BCUT2D eigenvalue weighted by molar-refractivity contribution is 0.506. The third kappa shape index (κ3) is 3.06. The number of nitrogens with zero attached hydrogens (tertiary/aromatic N) is 2. The molecule has 1 aromatic carbocycles. The first kappa shape index (κ1) is 15.5. The minimum atomic E-state index is -0.828. The number of aryl methyl sites for hydroxylation is 1. The molecule has 0 aliphatic rings. The summed E-state index contributed by atoms with van der Waals surface area (Å²) < 4.78 is 28.3. The Morgan fingerprint density at radius 3 is 2.29 bits per heavy atom. The van der Waals surface area contributed by atoms with Crippen LogP contribution in [0.25, 0.3) is 0 Å². The van der Waals surface area contributed by atoms with Crippen molar-refractivity contribution in [2.45, 2.75) is 46.7 Å². The number of nitrogens with one attached hydrogen (secondary N) is 1. The number of halogens is 2. The molecule has 0 bridgehead atoms. The Morgan fingerprint density at radius 1 is 1.10 bits per heavy atom. The smallest absolute Gasteiger partial charge is 0.159 e. The summed E-state index contributed by atoms with van der Waals surface area (Å²) in [6.45, 7) is 9.99. The largest absolute Gasteiger partial charge is 0.376 e. The predicted octanol–water partition coefficient (Wildman–Crippen LogP) is 4.53. The third-order valence-corrected chi connectivity index (χ3v) is 3.62. The van der Waals surface area contributed by atoms with E-state index in [2.05, 4.69) is 24.3 Å². The molecule has 21 heavy (non-hydrogen) atoms. The van der Waals surface area contributed by atoms with Crippen molar-refractivity contribution in [3.63, 3.8) is 0 Å². The molecule has 0 aliphatic carbocycles. The van der Waals surface area contributed by atoms with Crippen molar-refractivity contribution < 1.29 is 8.78 Å². The van der Waals surface area contributed by atoms with E-state index in [0.717, 1.165) is 23.1 Å². The SMILES string of the molecule is Cc1nn(C(C)C)c(C)c1NC(C)c1ccc(F)c(F)c1. The predicted molar refractivity (Wildman–Crippen MR) is 80.5 cm³/mol. The highest BCUT2D eigenvalue weighted by Gasteiger charge is 2.16. The van der Waals surface area contributed by atoms with Crippen molar-refractivity contribution in [1.82, 2.24) is 9.78 Å². The summed E-state index contributed by atoms with van der Waals surface area (Å²) in [4.78, 5) is 0. The quantitative estimate of drug-likeness (QED) is 0.897. The average Bonchev–Trinajstić information content (AvgIpc) is 2.70. The summed E-state index contributed by atoms with van der Waals surface area (Å²) in [7, 11) is 0. The van der Waals surface area contributed by atoms with Crippen molar-refractivity contribution >= 4 is 5.69 Å². The molecule has 1 unspecified atom stereocenters. The van der Waals surface area contributed by atoms with Crippen LogP contribution in [0.15, 0.2) is 18.2 Å². The second kappa shape index (κ2) is 5.84. The molecule has 0 aliphatic heterocycles. The van der Waals surface area contributed by atoms with Crippen LogP contribution in [0.3, 0.4) is 0 Å². The highest BCUT2D eigenvalue weighted by Crippen LogP contribution is 2.27. The van der Waals surface area contributed by atoms with Gasteiger partial charge in [0.25, 0.3) is 0 Å². The van der Waals surface area contributed by atoms with E-state index in [4.69, 9.17) is 0 Å². The molecule has 0 fully saturated rings. The molecule has 5 heteroatoms. The molecule has 1 atom stereocenters. The van der Waals surface area contributed by atoms with Gasteiger partial charge in [-0.25, -0.2) is 8.78 Å². The van der Waals surface area contributed by atoms with E-state index < -0.39 is 11.6 Å². The fourth-order valence-electron chi connectivity index (χ4n) is 2.46. The summed E-state index contributed by atoms with van der Waals surface area (Å²) in [5.41, 5.74) is 3.58. The van der Waals surface area contributed by atoms with Crippen LogP contribution in [0.5, 0.6) is 0 Å². The Balaban J connectivity index is 2.27. The number of aromatic nitrogens is 2. The van der Waals surface area contributed by atoms with Gasteiger partial charge in [0.2, 0.25) is 0 Å². The number of hydrogen-bond donors (Lipinski definition) is 1. The number of hydrogen-bond acceptors (Lipinski definition) is 2. The van der Waals surface area contributed by atoms with Crippen molar-refractivity contribution in [2.75, 3.05) is 5.32 Å². The Bertz CT molecular complexity index is 647. The van der Waals surface area contributed by atoms with Crippen molar-refractivity contribution in [1.29, 1.82) is 0 Å². The standard InChI is InChI=1S/C16H21F2N3/c1-9(2)21-12(5)16(11(4)20-21)19-10(3)13-6-7-14(17)15(18)8-13/h6-10,19H,1-5H3. The van der Waals surface area contributed by atoms with E-state index in [1.807, 2.05) is 25.5 Å². The van der Waals surface area contributed by atoms with Crippen LogP contribution in [-0.4, -0.2) is 9.78 Å². The average molecular weight is 293 g/mol. The fourth-order valence-corrected chi connectivity index (χ4v) is 2.46. The van der Waals surface area contributed by atoms with Gasteiger partial charge < -0.3 is 5.32 Å². The Morgan fingerprint density at radius 2 is 1.76 bits per heavy atom. The number of benzene rings is 1.